The molecule has 56 valence electrons. The second-order valence-corrected chi connectivity index (χ2v) is 2.64. The zero-order valence-corrected chi connectivity index (χ0v) is 6.39. The van der Waals surface area contributed by atoms with Crippen molar-refractivity contribution in [2.24, 2.45) is 0 Å². The molecule has 2 heteroatoms. The van der Waals surface area contributed by atoms with Crippen molar-refractivity contribution in [1.82, 2.24) is 0 Å². The quantitative estimate of drug-likeness (QED) is 0.521. The van der Waals surface area contributed by atoms with E-state index in [2.05, 4.69) is 6.58 Å². The lowest BCUT2D eigenvalue weighted by Gasteiger charge is -2.04. The van der Waals surface area contributed by atoms with Crippen LogP contribution in [0.4, 0.5) is 0 Å². The average molecular weight is 132 g/mol. The van der Waals surface area contributed by atoms with Crippen LogP contribution in [0.25, 0.3) is 0 Å². The molecule has 0 fully saturated rings. The zero-order valence-electron chi connectivity index (χ0n) is 6.39. The summed E-state index contributed by atoms with van der Waals surface area (Å²) in [6, 6.07) is 0. The molecule has 0 saturated heterocycles. The summed E-state index contributed by atoms with van der Waals surface area (Å²) >= 11 is 0. The predicted molar refractivity (Wildman–Crippen MR) is 39.3 cm³/mol. The van der Waals surface area contributed by atoms with Gasteiger partial charge >= 0.3 is 0 Å². The third-order valence-corrected chi connectivity index (χ3v) is 0.129. The minimum absolute atomic E-state index is 0.0833. The maximum atomic E-state index is 8.52. The first-order valence-corrected chi connectivity index (χ1v) is 2.86. The number of hydrogen-bond donors (Lipinski definition) is 2. The predicted octanol–water partition coefficient (Wildman–Crippen LogP) is 0.942. The van der Waals surface area contributed by atoms with E-state index in [1.807, 2.05) is 0 Å². The Morgan fingerprint density at radius 3 is 1.56 bits per heavy atom. The Hall–Kier alpha value is -0.340. The van der Waals surface area contributed by atoms with Gasteiger partial charge in [0.05, 0.1) is 12.2 Å². The van der Waals surface area contributed by atoms with Gasteiger partial charge in [0.1, 0.15) is 0 Å². The zero-order chi connectivity index (χ0) is 7.91. The largest absolute Gasteiger partial charge is 0.392 e. The van der Waals surface area contributed by atoms with E-state index in [4.69, 9.17) is 10.2 Å². The summed E-state index contributed by atoms with van der Waals surface area (Å²) in [5.41, 5.74) is -0.500. The molecule has 0 rings (SSSR count). The second kappa shape index (κ2) is 5.79. The molecule has 0 aromatic carbocycles. The minimum Gasteiger partial charge on any atom is -0.392 e. The Labute approximate surface area is 56.8 Å². The van der Waals surface area contributed by atoms with Crippen molar-refractivity contribution < 1.29 is 10.2 Å². The van der Waals surface area contributed by atoms with E-state index in [1.165, 1.54) is 6.08 Å². The van der Waals surface area contributed by atoms with E-state index in [1.54, 1.807) is 20.8 Å². The smallest absolute Gasteiger partial charge is 0.0609 e. The number of hydrogen-bond acceptors (Lipinski definition) is 2. The van der Waals surface area contributed by atoms with Gasteiger partial charge in [0.25, 0.3) is 0 Å². The van der Waals surface area contributed by atoms with Crippen molar-refractivity contribution in [3.05, 3.63) is 12.7 Å². The third-order valence-electron chi connectivity index (χ3n) is 0.129. The molecule has 0 bridgehead atoms. The highest BCUT2D eigenvalue weighted by Gasteiger charge is 1.97. The molecule has 0 aliphatic carbocycles. The Balaban J connectivity index is 0. The summed E-state index contributed by atoms with van der Waals surface area (Å²) < 4.78 is 0. The van der Waals surface area contributed by atoms with Crippen molar-refractivity contribution in [1.29, 1.82) is 0 Å². The summed E-state index contributed by atoms with van der Waals surface area (Å²) in [5, 5.41) is 16.3. The first-order chi connectivity index (χ1) is 3.91. The van der Waals surface area contributed by atoms with Crippen LogP contribution in [-0.2, 0) is 0 Å². The van der Waals surface area contributed by atoms with E-state index in [0.29, 0.717) is 0 Å². The van der Waals surface area contributed by atoms with Crippen LogP contribution in [0, 0.1) is 0 Å². The number of rotatable bonds is 1. The molecule has 0 aromatic rings. The van der Waals surface area contributed by atoms with Crippen LogP contribution in [0.5, 0.6) is 0 Å². The van der Waals surface area contributed by atoms with Crippen LogP contribution in [0.2, 0.25) is 0 Å². The summed E-state index contributed by atoms with van der Waals surface area (Å²) in [7, 11) is 0. The molecule has 0 unspecified atom stereocenters. The normalized spacial score (nSPS) is 9.44. The SMILES string of the molecule is C=CCO.CC(C)(C)O. The molecule has 0 aliphatic heterocycles. The van der Waals surface area contributed by atoms with Crippen molar-refractivity contribution in [3.63, 3.8) is 0 Å². The first kappa shape index (κ1) is 11.5. The maximum absolute atomic E-state index is 8.52. The Morgan fingerprint density at radius 2 is 1.56 bits per heavy atom. The van der Waals surface area contributed by atoms with Gasteiger partial charge in [-0.15, -0.1) is 6.58 Å². The van der Waals surface area contributed by atoms with E-state index in [9.17, 15) is 0 Å². The Morgan fingerprint density at radius 1 is 1.44 bits per heavy atom. The van der Waals surface area contributed by atoms with Crippen molar-refractivity contribution in [2.45, 2.75) is 26.4 Å². The molecule has 0 aliphatic rings. The lowest BCUT2D eigenvalue weighted by molar-refractivity contribution is 0.102. The number of aliphatic hydroxyl groups is 2. The molecule has 2 N–H and O–H groups in total. The molecular formula is C7H16O2. The van der Waals surface area contributed by atoms with Crippen LogP contribution in [0.15, 0.2) is 12.7 Å². The van der Waals surface area contributed by atoms with Crippen LogP contribution in [-0.4, -0.2) is 22.4 Å². The fraction of sp³-hybridized carbons (Fsp3) is 0.714. The summed E-state index contributed by atoms with van der Waals surface area (Å²) in [4.78, 5) is 0. The van der Waals surface area contributed by atoms with Crippen molar-refractivity contribution in [2.75, 3.05) is 6.61 Å². The van der Waals surface area contributed by atoms with Gasteiger partial charge in [-0.2, -0.15) is 0 Å². The minimum atomic E-state index is -0.500. The Bertz CT molecular complexity index is 55.8. The molecule has 0 saturated carbocycles. The molecule has 9 heavy (non-hydrogen) atoms. The van der Waals surface area contributed by atoms with E-state index in [0.717, 1.165) is 0 Å². The first-order valence-electron chi connectivity index (χ1n) is 2.86. The molecule has 0 amide bonds. The van der Waals surface area contributed by atoms with Gasteiger partial charge in [-0.05, 0) is 20.8 Å². The van der Waals surface area contributed by atoms with Gasteiger partial charge in [-0.1, -0.05) is 6.08 Å². The highest BCUT2D eigenvalue weighted by Crippen LogP contribution is 1.93. The summed E-state index contributed by atoms with van der Waals surface area (Å²) in [6.07, 6.45) is 1.43. The average Bonchev–Trinajstić information content (AvgIpc) is 1.61. The van der Waals surface area contributed by atoms with E-state index >= 15 is 0 Å². The molecular weight excluding hydrogens is 116 g/mol. The van der Waals surface area contributed by atoms with Crippen LogP contribution < -0.4 is 0 Å². The lowest BCUT2D eigenvalue weighted by atomic mass is 10.2. The third kappa shape index (κ3) is 563. The maximum Gasteiger partial charge on any atom is 0.0609 e. The van der Waals surface area contributed by atoms with Gasteiger partial charge in [0.2, 0.25) is 0 Å². The van der Waals surface area contributed by atoms with E-state index < -0.39 is 5.60 Å². The lowest BCUT2D eigenvalue weighted by Crippen LogP contribution is -2.10. The van der Waals surface area contributed by atoms with E-state index in [-0.39, 0.29) is 6.61 Å². The molecule has 2 nitrogen and oxygen atoms in total. The second-order valence-electron chi connectivity index (χ2n) is 2.64. The van der Waals surface area contributed by atoms with Gasteiger partial charge in [-0.25, -0.2) is 0 Å². The van der Waals surface area contributed by atoms with Gasteiger partial charge in [-0.3, -0.25) is 0 Å². The van der Waals surface area contributed by atoms with Crippen LogP contribution in [0.1, 0.15) is 20.8 Å². The summed E-state index contributed by atoms with van der Waals surface area (Å²) in [5.74, 6) is 0. The molecule has 0 radical (unpaired) electrons. The van der Waals surface area contributed by atoms with Gasteiger partial charge < -0.3 is 10.2 Å². The monoisotopic (exact) mass is 132 g/mol. The summed E-state index contributed by atoms with van der Waals surface area (Å²) in [6.45, 7) is 8.54. The fourth-order valence-electron chi connectivity index (χ4n) is 0. The van der Waals surface area contributed by atoms with Crippen LogP contribution in [0.3, 0.4) is 0 Å². The van der Waals surface area contributed by atoms with Crippen molar-refractivity contribution >= 4 is 0 Å². The highest BCUT2D eigenvalue weighted by molar-refractivity contribution is 4.60. The van der Waals surface area contributed by atoms with Gasteiger partial charge in [0, 0.05) is 0 Å². The molecule has 0 atom stereocenters. The fourth-order valence-corrected chi connectivity index (χ4v) is 0. The molecule has 0 heterocycles. The standard InChI is InChI=1S/C4H10O.C3H6O/c1-4(2,3)5;1-2-3-4/h5H,1-3H3;2,4H,1,3H2. The molecule has 0 aromatic heterocycles. The number of aliphatic hydroxyl groups excluding tert-OH is 1. The van der Waals surface area contributed by atoms with Gasteiger partial charge in [0.15, 0.2) is 0 Å². The van der Waals surface area contributed by atoms with Crippen LogP contribution >= 0.6 is 0 Å². The van der Waals surface area contributed by atoms with Crippen molar-refractivity contribution in [3.8, 4) is 0 Å². The highest BCUT2D eigenvalue weighted by atomic mass is 16.3. The Kier molecular flexibility index (Phi) is 7.37. The topological polar surface area (TPSA) is 40.5 Å². The molecule has 0 spiro atoms.